The molecule has 1 aliphatic carbocycles. The number of benzene rings is 2. The van der Waals surface area contributed by atoms with E-state index < -0.39 is 11.6 Å². The summed E-state index contributed by atoms with van der Waals surface area (Å²) in [4.78, 5) is 12.9. The van der Waals surface area contributed by atoms with Gasteiger partial charge in [0.2, 0.25) is 18.3 Å². The number of rotatable bonds is 5. The van der Waals surface area contributed by atoms with Gasteiger partial charge in [0.1, 0.15) is 0 Å². The fourth-order valence-corrected chi connectivity index (χ4v) is 4.62. The highest BCUT2D eigenvalue weighted by atomic mass is 16.7. The van der Waals surface area contributed by atoms with Crippen LogP contribution in [0.25, 0.3) is 11.1 Å². The van der Waals surface area contributed by atoms with Crippen molar-refractivity contribution in [3.8, 4) is 45.6 Å². The Kier molecular flexibility index (Phi) is 6.60. The number of hydrogen-bond acceptors (Lipinski definition) is 8. The molecule has 0 aromatic heterocycles. The Bertz CT molecular complexity index is 1190. The summed E-state index contributed by atoms with van der Waals surface area (Å²) < 4.78 is 34.6. The topological polar surface area (TPSA) is 92.7 Å². The maximum Gasteiger partial charge on any atom is 0.338 e. The smallest absolute Gasteiger partial charge is 0.338 e. The largest absolute Gasteiger partial charge is 0.493 e. The van der Waals surface area contributed by atoms with Crippen LogP contribution in [-0.4, -0.2) is 44.8 Å². The van der Waals surface area contributed by atoms with Crippen molar-refractivity contribution >= 4 is 5.97 Å². The lowest BCUT2D eigenvalue weighted by Gasteiger charge is -2.35. The second-order valence-corrected chi connectivity index (χ2v) is 9.15. The minimum absolute atomic E-state index is 0.00850. The van der Waals surface area contributed by atoms with Crippen molar-refractivity contribution in [2.75, 3.05) is 28.1 Å². The zero-order valence-electron chi connectivity index (χ0n) is 21.2. The number of aliphatic hydroxyl groups is 1. The fraction of sp³-hybridized carbons (Fsp3) is 0.444. The Morgan fingerprint density at radius 2 is 1.74 bits per heavy atom. The summed E-state index contributed by atoms with van der Waals surface area (Å²) in [6.45, 7) is 7.28. The Morgan fingerprint density at radius 1 is 1.06 bits per heavy atom. The molecule has 0 saturated carbocycles. The lowest BCUT2D eigenvalue weighted by atomic mass is 9.75. The van der Waals surface area contributed by atoms with Crippen molar-refractivity contribution in [1.82, 2.24) is 0 Å². The number of carbonyl (C=O) groups is 1. The first-order chi connectivity index (χ1) is 16.7. The standard InChI is InChI=1S/C27H32O8/c1-8-14(2)26(28)35-25-20-16(10-19-23(25)34-13-33-19)9-15(3)27(4,29)12-17-11-18(30-5)22(31-6)24(32-7)21(17)20/h8,10-11,15,29H,9,12-13H2,1-7H3/b14-8-/t15-,27-/m0/s1. The van der Waals surface area contributed by atoms with Gasteiger partial charge in [-0.25, -0.2) is 4.79 Å². The Labute approximate surface area is 205 Å². The lowest BCUT2D eigenvalue weighted by Crippen LogP contribution is -2.37. The van der Waals surface area contributed by atoms with Gasteiger partial charge in [-0.3, -0.25) is 0 Å². The first-order valence-electron chi connectivity index (χ1n) is 11.5. The summed E-state index contributed by atoms with van der Waals surface area (Å²) in [6, 6.07) is 3.72. The van der Waals surface area contributed by atoms with Crippen LogP contribution in [0.3, 0.4) is 0 Å². The third kappa shape index (κ3) is 4.16. The average Bonchev–Trinajstić information content (AvgIpc) is 3.30. The molecule has 2 aromatic carbocycles. The second kappa shape index (κ2) is 9.34. The van der Waals surface area contributed by atoms with E-state index in [0.29, 0.717) is 58.3 Å². The number of hydrogen-bond donors (Lipinski definition) is 1. The van der Waals surface area contributed by atoms with E-state index >= 15 is 0 Å². The van der Waals surface area contributed by atoms with Crippen LogP contribution in [0.2, 0.25) is 0 Å². The highest BCUT2D eigenvalue weighted by Gasteiger charge is 2.39. The highest BCUT2D eigenvalue weighted by molar-refractivity contribution is 5.94. The molecule has 8 heteroatoms. The van der Waals surface area contributed by atoms with Crippen molar-refractivity contribution < 1.29 is 38.3 Å². The van der Waals surface area contributed by atoms with E-state index in [2.05, 4.69) is 0 Å². The van der Waals surface area contributed by atoms with Crippen LogP contribution in [0, 0.1) is 5.92 Å². The normalized spacial score (nSPS) is 20.8. The molecule has 188 valence electrons. The van der Waals surface area contributed by atoms with Gasteiger partial charge < -0.3 is 33.5 Å². The van der Waals surface area contributed by atoms with E-state index in [0.717, 1.165) is 11.1 Å². The van der Waals surface area contributed by atoms with E-state index in [9.17, 15) is 9.90 Å². The summed E-state index contributed by atoms with van der Waals surface area (Å²) >= 11 is 0. The lowest BCUT2D eigenvalue weighted by molar-refractivity contribution is -0.130. The van der Waals surface area contributed by atoms with Crippen LogP contribution in [0.1, 0.15) is 38.8 Å². The molecule has 4 rings (SSSR count). The molecule has 0 radical (unpaired) electrons. The summed E-state index contributed by atoms with van der Waals surface area (Å²) in [5.41, 5.74) is 2.29. The van der Waals surface area contributed by atoms with Gasteiger partial charge in [-0.15, -0.1) is 0 Å². The number of ether oxygens (including phenoxy) is 6. The van der Waals surface area contributed by atoms with E-state index in [1.165, 1.54) is 7.11 Å². The molecule has 0 spiro atoms. The number of fused-ring (bicyclic) bond motifs is 4. The van der Waals surface area contributed by atoms with Crippen LogP contribution >= 0.6 is 0 Å². The Balaban J connectivity index is 2.13. The number of methoxy groups -OCH3 is 3. The summed E-state index contributed by atoms with van der Waals surface area (Å²) in [6.07, 6.45) is 2.51. The molecule has 2 aromatic rings. The zero-order chi connectivity index (χ0) is 25.5. The molecule has 35 heavy (non-hydrogen) atoms. The number of esters is 1. The van der Waals surface area contributed by atoms with E-state index in [1.54, 1.807) is 34.1 Å². The Morgan fingerprint density at radius 3 is 2.37 bits per heavy atom. The molecule has 1 heterocycles. The monoisotopic (exact) mass is 484 g/mol. The Hall–Kier alpha value is -3.39. The van der Waals surface area contributed by atoms with Crippen LogP contribution in [0.4, 0.5) is 0 Å². The van der Waals surface area contributed by atoms with E-state index in [-0.39, 0.29) is 18.5 Å². The van der Waals surface area contributed by atoms with Crippen molar-refractivity contribution in [1.29, 1.82) is 0 Å². The minimum atomic E-state index is -1.04. The van der Waals surface area contributed by atoms with Gasteiger partial charge in [0, 0.05) is 23.1 Å². The van der Waals surface area contributed by atoms with Gasteiger partial charge in [-0.2, -0.15) is 0 Å². The first-order valence-corrected chi connectivity index (χ1v) is 11.5. The van der Waals surface area contributed by atoms with Crippen molar-refractivity contribution in [3.05, 3.63) is 34.9 Å². The van der Waals surface area contributed by atoms with Crippen molar-refractivity contribution in [3.63, 3.8) is 0 Å². The summed E-state index contributed by atoms with van der Waals surface area (Å²) in [7, 11) is 4.62. The molecule has 0 fully saturated rings. The fourth-order valence-electron chi connectivity index (χ4n) is 4.62. The quantitative estimate of drug-likeness (QED) is 0.378. The third-order valence-electron chi connectivity index (χ3n) is 6.95. The minimum Gasteiger partial charge on any atom is -0.493 e. The molecule has 0 unspecified atom stereocenters. The maximum atomic E-state index is 12.9. The highest BCUT2D eigenvalue weighted by Crippen LogP contribution is 2.57. The molecular formula is C27H32O8. The van der Waals surface area contributed by atoms with Gasteiger partial charge in [-0.1, -0.05) is 13.0 Å². The van der Waals surface area contributed by atoms with Crippen LogP contribution in [0.5, 0.6) is 34.5 Å². The van der Waals surface area contributed by atoms with Crippen LogP contribution in [0.15, 0.2) is 23.8 Å². The van der Waals surface area contributed by atoms with Crippen molar-refractivity contribution in [2.24, 2.45) is 5.92 Å². The zero-order valence-corrected chi connectivity index (χ0v) is 21.2. The number of carbonyl (C=O) groups excluding carboxylic acids is 1. The van der Waals surface area contributed by atoms with Crippen LogP contribution in [-0.2, 0) is 17.6 Å². The molecule has 2 atom stereocenters. The maximum absolute atomic E-state index is 12.9. The molecule has 1 N–H and O–H groups in total. The van der Waals surface area contributed by atoms with Gasteiger partial charge in [0.05, 0.1) is 26.9 Å². The molecular weight excluding hydrogens is 452 g/mol. The second-order valence-electron chi connectivity index (χ2n) is 9.15. The number of allylic oxidation sites excluding steroid dienone is 1. The summed E-state index contributed by atoms with van der Waals surface area (Å²) in [5.74, 6) is 1.73. The molecule has 1 aliphatic heterocycles. The first kappa shape index (κ1) is 24.7. The third-order valence-corrected chi connectivity index (χ3v) is 6.95. The van der Waals surface area contributed by atoms with Gasteiger partial charge in [-0.05, 0) is 56.4 Å². The summed E-state index contributed by atoms with van der Waals surface area (Å²) in [5, 5.41) is 11.4. The predicted molar refractivity (Wildman–Crippen MR) is 130 cm³/mol. The SMILES string of the molecule is C/C=C(/C)C(=O)Oc1c2c(cc3c1-c1c(cc(OC)c(OC)c1OC)C[C@](C)(O)[C@@H](C)C3)OCO2. The van der Waals surface area contributed by atoms with E-state index in [4.69, 9.17) is 28.4 Å². The molecule has 0 saturated heterocycles. The van der Waals surface area contributed by atoms with E-state index in [1.807, 2.05) is 26.0 Å². The average molecular weight is 485 g/mol. The van der Waals surface area contributed by atoms with Crippen molar-refractivity contribution in [2.45, 2.75) is 46.1 Å². The van der Waals surface area contributed by atoms with Gasteiger partial charge in [0.15, 0.2) is 23.0 Å². The van der Waals surface area contributed by atoms with Crippen LogP contribution < -0.4 is 28.4 Å². The molecule has 2 aliphatic rings. The van der Waals surface area contributed by atoms with Gasteiger partial charge >= 0.3 is 5.97 Å². The van der Waals surface area contributed by atoms with Gasteiger partial charge in [0.25, 0.3) is 0 Å². The molecule has 0 bridgehead atoms. The molecule has 0 amide bonds. The predicted octanol–water partition coefficient (Wildman–Crippen LogP) is 4.47. The molecule has 8 nitrogen and oxygen atoms in total.